The van der Waals surface area contributed by atoms with E-state index in [1.165, 1.54) is 14.1 Å². The average Bonchev–Trinajstić information content (AvgIpc) is 2.83. The van der Waals surface area contributed by atoms with Crippen molar-refractivity contribution in [2.75, 3.05) is 11.1 Å². The number of aliphatic imine (C=N–C) groups is 1. The van der Waals surface area contributed by atoms with Crippen molar-refractivity contribution in [2.24, 2.45) is 19.1 Å². The Labute approximate surface area is 222 Å². The quantitative estimate of drug-likeness (QED) is 0.334. The highest BCUT2D eigenvalue weighted by Gasteiger charge is 2.22. The lowest BCUT2D eigenvalue weighted by molar-refractivity contribution is -0.113. The lowest BCUT2D eigenvalue weighted by Gasteiger charge is -2.15. The van der Waals surface area contributed by atoms with Crippen LogP contribution in [-0.2, 0) is 25.3 Å². The molecule has 2 N–H and O–H groups in total. The first-order valence-corrected chi connectivity index (χ1v) is 13.1. The number of halogens is 1. The predicted molar refractivity (Wildman–Crippen MR) is 150 cm³/mol. The summed E-state index contributed by atoms with van der Waals surface area (Å²) < 4.78 is 2.82. The molecule has 0 radical (unpaired) electrons. The van der Waals surface area contributed by atoms with E-state index in [1.807, 2.05) is 52.0 Å². The monoisotopic (exact) mass is 572 g/mol. The van der Waals surface area contributed by atoms with E-state index in [1.54, 1.807) is 6.07 Å². The second-order valence-corrected chi connectivity index (χ2v) is 10.4. The van der Waals surface area contributed by atoms with Gasteiger partial charge >= 0.3 is 5.69 Å². The summed E-state index contributed by atoms with van der Waals surface area (Å²) in [7, 11) is 2.70. The molecule has 0 saturated carbocycles. The molecule has 36 heavy (non-hydrogen) atoms. The van der Waals surface area contributed by atoms with Crippen molar-refractivity contribution in [3.63, 3.8) is 0 Å². The van der Waals surface area contributed by atoms with Gasteiger partial charge in [0.05, 0.1) is 11.4 Å². The first kappa shape index (κ1) is 27.5. The van der Waals surface area contributed by atoms with Crippen LogP contribution in [0.3, 0.4) is 0 Å². The van der Waals surface area contributed by atoms with Crippen molar-refractivity contribution < 1.29 is 9.90 Å². The van der Waals surface area contributed by atoms with Crippen molar-refractivity contribution in [1.82, 2.24) is 9.13 Å². The van der Waals surface area contributed by atoms with Crippen molar-refractivity contribution in [1.29, 1.82) is 0 Å². The number of anilines is 1. The summed E-state index contributed by atoms with van der Waals surface area (Å²) in [5.74, 6) is -0.849. The number of nitrogens with one attached hydrogen (secondary N) is 1. The van der Waals surface area contributed by atoms with Gasteiger partial charge in [-0.15, -0.1) is 0 Å². The van der Waals surface area contributed by atoms with Crippen LogP contribution in [0.1, 0.15) is 34.7 Å². The summed E-state index contributed by atoms with van der Waals surface area (Å²) in [5, 5.41) is 13.8. The molecule has 0 unspecified atom stereocenters. The third-order valence-corrected chi connectivity index (χ3v) is 7.37. The Morgan fingerprint density at radius 2 is 1.75 bits per heavy atom. The zero-order valence-electron chi connectivity index (χ0n) is 21.1. The van der Waals surface area contributed by atoms with E-state index in [0.29, 0.717) is 5.69 Å². The molecular formula is C26H29BrN4O4S. The summed E-state index contributed by atoms with van der Waals surface area (Å²) in [4.78, 5) is 42.8. The second kappa shape index (κ2) is 11.3. The summed E-state index contributed by atoms with van der Waals surface area (Å²) in [6.07, 6.45) is 0.741. The number of carbonyl (C=O) groups is 1. The SMILES string of the molecule is CCc1cc(Br)cc(C)c1NC(=O)CSC(=Nc1ccc(C)c(C)c1)c1c(O)n(C)c(=O)n(C)c1=O. The highest BCUT2D eigenvalue weighted by Crippen LogP contribution is 2.28. The largest absolute Gasteiger partial charge is 0.494 e. The topological polar surface area (TPSA) is 106 Å². The molecule has 1 aromatic heterocycles. The van der Waals surface area contributed by atoms with Gasteiger partial charge < -0.3 is 10.4 Å². The molecule has 1 heterocycles. The molecule has 0 spiro atoms. The Hall–Kier alpha value is -3.11. The number of amides is 1. The third-order valence-electron chi connectivity index (χ3n) is 5.94. The van der Waals surface area contributed by atoms with Crippen LogP contribution in [0.5, 0.6) is 5.88 Å². The van der Waals surface area contributed by atoms with Crippen LogP contribution in [0, 0.1) is 20.8 Å². The zero-order valence-corrected chi connectivity index (χ0v) is 23.5. The van der Waals surface area contributed by atoms with Gasteiger partial charge in [-0.3, -0.25) is 18.7 Å². The number of benzene rings is 2. The number of aromatic nitrogens is 2. The molecule has 3 rings (SSSR count). The van der Waals surface area contributed by atoms with E-state index in [9.17, 15) is 19.5 Å². The number of aryl methyl sites for hydroxylation is 4. The van der Waals surface area contributed by atoms with Crippen LogP contribution in [0.2, 0.25) is 0 Å². The zero-order chi connectivity index (χ0) is 26.7. The molecule has 0 saturated heterocycles. The first-order valence-electron chi connectivity index (χ1n) is 11.3. The fraction of sp³-hybridized carbons (Fsp3) is 0.308. The standard InChI is InChI=1S/C26H29BrN4O4S/c1-7-17-12-18(27)10-16(4)22(17)29-20(32)13-36-23(28-19-9-8-14(2)15(3)11-19)21-24(33)30(5)26(35)31(6)25(21)34/h8-12,33H,7,13H2,1-6H3,(H,29,32). The number of carbonyl (C=O) groups excluding carboxylic acids is 1. The number of aromatic hydroxyl groups is 1. The molecule has 10 heteroatoms. The molecule has 0 bridgehead atoms. The Morgan fingerprint density at radius 3 is 2.39 bits per heavy atom. The van der Waals surface area contributed by atoms with Crippen LogP contribution < -0.4 is 16.6 Å². The lowest BCUT2D eigenvalue weighted by Crippen LogP contribution is -2.39. The minimum absolute atomic E-state index is 0.0617. The molecule has 190 valence electrons. The Kier molecular flexibility index (Phi) is 8.63. The van der Waals surface area contributed by atoms with Crippen LogP contribution in [0.25, 0.3) is 0 Å². The molecule has 0 aliphatic carbocycles. The average molecular weight is 574 g/mol. The van der Waals surface area contributed by atoms with Crippen LogP contribution in [0.4, 0.5) is 11.4 Å². The smallest absolute Gasteiger partial charge is 0.333 e. The Bertz CT molecular complexity index is 1490. The van der Waals surface area contributed by atoms with Crippen LogP contribution in [-0.4, -0.2) is 30.9 Å². The van der Waals surface area contributed by atoms with E-state index in [-0.39, 0.29) is 22.3 Å². The van der Waals surface area contributed by atoms with Crippen molar-refractivity contribution in [3.8, 4) is 5.88 Å². The molecule has 0 aliphatic heterocycles. The van der Waals surface area contributed by atoms with E-state index in [2.05, 4.69) is 26.2 Å². The number of rotatable bonds is 6. The van der Waals surface area contributed by atoms with Gasteiger partial charge in [0.2, 0.25) is 11.8 Å². The maximum absolute atomic E-state index is 13.0. The lowest BCUT2D eigenvalue weighted by atomic mass is 10.1. The van der Waals surface area contributed by atoms with Crippen molar-refractivity contribution in [3.05, 3.63) is 83.5 Å². The highest BCUT2D eigenvalue weighted by molar-refractivity contribution is 9.10. The number of thioether (sulfide) groups is 1. The van der Waals surface area contributed by atoms with Crippen LogP contribution in [0.15, 0.2) is 49.4 Å². The fourth-order valence-electron chi connectivity index (χ4n) is 3.67. The van der Waals surface area contributed by atoms with Crippen molar-refractivity contribution in [2.45, 2.75) is 34.1 Å². The van der Waals surface area contributed by atoms with Gasteiger partial charge in [0.25, 0.3) is 5.56 Å². The maximum atomic E-state index is 13.0. The minimum Gasteiger partial charge on any atom is -0.494 e. The molecule has 8 nitrogen and oxygen atoms in total. The molecule has 3 aromatic rings. The van der Waals surface area contributed by atoms with Gasteiger partial charge in [-0.1, -0.05) is 40.7 Å². The second-order valence-electron chi connectivity index (χ2n) is 8.54. The van der Waals surface area contributed by atoms with E-state index < -0.39 is 17.1 Å². The molecule has 0 atom stereocenters. The Balaban J connectivity index is 2.02. The summed E-state index contributed by atoms with van der Waals surface area (Å²) >= 11 is 4.51. The number of hydrogen-bond donors (Lipinski definition) is 2. The van der Waals surface area contributed by atoms with Gasteiger partial charge in [-0.25, -0.2) is 9.79 Å². The van der Waals surface area contributed by atoms with Crippen molar-refractivity contribution >= 4 is 50.0 Å². The molecular weight excluding hydrogens is 544 g/mol. The molecule has 2 aromatic carbocycles. The molecule has 0 aliphatic rings. The van der Waals surface area contributed by atoms with Gasteiger partial charge in [0, 0.05) is 24.3 Å². The summed E-state index contributed by atoms with van der Waals surface area (Å²) in [6, 6.07) is 9.46. The molecule has 1 amide bonds. The first-order chi connectivity index (χ1) is 16.9. The molecule has 0 fully saturated rings. The van der Waals surface area contributed by atoms with E-state index >= 15 is 0 Å². The maximum Gasteiger partial charge on any atom is 0.333 e. The fourth-order valence-corrected chi connectivity index (χ4v) is 5.13. The summed E-state index contributed by atoms with van der Waals surface area (Å²) in [5.41, 5.74) is 3.84. The van der Waals surface area contributed by atoms with Gasteiger partial charge in [-0.05, 0) is 73.7 Å². The van der Waals surface area contributed by atoms with E-state index in [4.69, 9.17) is 0 Å². The van der Waals surface area contributed by atoms with Gasteiger partial charge in [0.1, 0.15) is 10.6 Å². The third kappa shape index (κ3) is 5.82. The van der Waals surface area contributed by atoms with Gasteiger partial charge in [0.15, 0.2) is 0 Å². The number of nitrogens with zero attached hydrogens (tertiary/aromatic N) is 3. The normalized spacial score (nSPS) is 11.6. The van der Waals surface area contributed by atoms with E-state index in [0.717, 1.165) is 59.7 Å². The number of hydrogen-bond acceptors (Lipinski definition) is 6. The highest BCUT2D eigenvalue weighted by atomic mass is 79.9. The van der Waals surface area contributed by atoms with Gasteiger partial charge in [-0.2, -0.15) is 0 Å². The predicted octanol–water partition coefficient (Wildman–Crippen LogP) is 4.49. The summed E-state index contributed by atoms with van der Waals surface area (Å²) in [6.45, 7) is 7.86. The minimum atomic E-state index is -0.692. The van der Waals surface area contributed by atoms with Crippen LogP contribution >= 0.6 is 27.7 Å². The Morgan fingerprint density at radius 1 is 1.06 bits per heavy atom.